The van der Waals surface area contributed by atoms with Gasteiger partial charge in [-0.3, -0.25) is 0 Å². The molecule has 0 atom stereocenters. The van der Waals surface area contributed by atoms with Gasteiger partial charge >= 0.3 is 0 Å². The van der Waals surface area contributed by atoms with Crippen molar-refractivity contribution in [2.75, 3.05) is 0 Å². The van der Waals surface area contributed by atoms with Gasteiger partial charge in [0.25, 0.3) is 0 Å². The lowest BCUT2D eigenvalue weighted by Crippen LogP contribution is -2.00. The molecular weight excluding hydrogens is 514 g/mol. The van der Waals surface area contributed by atoms with Gasteiger partial charge < -0.3 is 4.42 Å². The molecule has 0 aliphatic carbocycles. The van der Waals surface area contributed by atoms with Crippen LogP contribution in [0.25, 0.3) is 77.6 Å². The van der Waals surface area contributed by atoms with E-state index in [0.29, 0.717) is 22.5 Å². The number of hydrogen-bond acceptors (Lipinski definition) is 4. The predicted molar refractivity (Wildman–Crippen MR) is 163 cm³/mol. The molecule has 0 amide bonds. The molecule has 0 bridgehead atoms. The summed E-state index contributed by atoms with van der Waals surface area (Å²) in [5.74, 6) is 1.70. The van der Waals surface area contributed by atoms with Crippen molar-refractivity contribution in [3.05, 3.63) is 126 Å². The Morgan fingerprint density at radius 3 is 2.00 bits per heavy atom. The van der Waals surface area contributed by atoms with Gasteiger partial charge in [-0.05, 0) is 34.4 Å². The van der Waals surface area contributed by atoms with Crippen LogP contribution in [-0.4, -0.2) is 15.0 Å². The third kappa shape index (κ3) is 3.73. The first-order valence-electron chi connectivity index (χ1n) is 13.1. The van der Waals surface area contributed by atoms with Gasteiger partial charge in [-0.1, -0.05) is 109 Å². The highest BCUT2D eigenvalue weighted by molar-refractivity contribution is 6.34. The van der Waals surface area contributed by atoms with Crippen LogP contribution < -0.4 is 0 Å². The van der Waals surface area contributed by atoms with Gasteiger partial charge in [-0.2, -0.15) is 0 Å². The Morgan fingerprint density at radius 1 is 0.475 bits per heavy atom. The normalized spacial score (nSPS) is 11.6. The molecule has 0 radical (unpaired) electrons. The molecule has 0 spiro atoms. The zero-order valence-corrected chi connectivity index (χ0v) is 21.9. The van der Waals surface area contributed by atoms with Gasteiger partial charge in [0, 0.05) is 38.9 Å². The second-order valence-corrected chi connectivity index (χ2v) is 10.2. The van der Waals surface area contributed by atoms with Crippen LogP contribution in [0.2, 0.25) is 5.02 Å². The first-order chi connectivity index (χ1) is 19.7. The highest BCUT2D eigenvalue weighted by atomic mass is 35.5. The van der Waals surface area contributed by atoms with Gasteiger partial charge in [0.1, 0.15) is 11.2 Å². The largest absolute Gasteiger partial charge is 0.455 e. The van der Waals surface area contributed by atoms with E-state index < -0.39 is 0 Å². The molecule has 0 unspecified atom stereocenters. The van der Waals surface area contributed by atoms with Crippen LogP contribution in [0.1, 0.15) is 0 Å². The number of hydrogen-bond donors (Lipinski definition) is 0. The molecule has 2 aromatic heterocycles. The van der Waals surface area contributed by atoms with Crippen LogP contribution >= 0.6 is 11.6 Å². The Balaban J connectivity index is 1.37. The van der Waals surface area contributed by atoms with E-state index in [0.717, 1.165) is 60.2 Å². The lowest BCUT2D eigenvalue weighted by molar-refractivity contribution is 0.673. The van der Waals surface area contributed by atoms with E-state index in [1.54, 1.807) is 0 Å². The number of nitrogens with zero attached hydrogens (tertiary/aromatic N) is 3. The Hall–Kier alpha value is -5.06. The smallest absolute Gasteiger partial charge is 0.165 e. The van der Waals surface area contributed by atoms with Gasteiger partial charge in [0.05, 0.1) is 5.02 Å². The number of benzene rings is 6. The van der Waals surface area contributed by atoms with Crippen molar-refractivity contribution in [1.29, 1.82) is 0 Å². The molecule has 5 heteroatoms. The standard InChI is InChI=1S/C35H20ClN3O/c36-30-20-31-28(27-17-16-22-9-6-7-13-26(22)32(27)40-31)19-29(30)35-38-33(23-10-2-1-3-11-23)37-34(39-35)25-15-14-21-8-4-5-12-24(21)18-25/h1-20H. The van der Waals surface area contributed by atoms with Crippen molar-refractivity contribution in [1.82, 2.24) is 15.0 Å². The van der Waals surface area contributed by atoms with Gasteiger partial charge in [0.2, 0.25) is 0 Å². The van der Waals surface area contributed by atoms with Crippen molar-refractivity contribution in [3.8, 4) is 34.2 Å². The highest BCUT2D eigenvalue weighted by Gasteiger charge is 2.18. The Morgan fingerprint density at radius 2 is 1.15 bits per heavy atom. The summed E-state index contributed by atoms with van der Waals surface area (Å²) >= 11 is 6.90. The van der Waals surface area contributed by atoms with Crippen molar-refractivity contribution in [2.24, 2.45) is 0 Å². The van der Waals surface area contributed by atoms with Crippen LogP contribution in [0.3, 0.4) is 0 Å². The molecule has 4 nitrogen and oxygen atoms in total. The van der Waals surface area contributed by atoms with Crippen molar-refractivity contribution >= 4 is 55.1 Å². The number of halogens is 1. The monoisotopic (exact) mass is 533 g/mol. The van der Waals surface area contributed by atoms with Gasteiger partial charge in [0.15, 0.2) is 17.5 Å². The first-order valence-corrected chi connectivity index (χ1v) is 13.4. The first kappa shape index (κ1) is 22.9. The van der Waals surface area contributed by atoms with E-state index in [9.17, 15) is 0 Å². The Labute approximate surface area is 234 Å². The summed E-state index contributed by atoms with van der Waals surface area (Å²) in [6.45, 7) is 0. The van der Waals surface area contributed by atoms with E-state index in [4.69, 9.17) is 31.0 Å². The average molecular weight is 534 g/mol. The molecule has 8 rings (SSSR count). The summed E-state index contributed by atoms with van der Waals surface area (Å²) < 4.78 is 6.33. The molecular formula is C35H20ClN3O. The minimum atomic E-state index is 0.513. The van der Waals surface area contributed by atoms with Crippen molar-refractivity contribution in [3.63, 3.8) is 0 Å². The Kier molecular flexibility index (Phi) is 5.15. The van der Waals surface area contributed by atoms with Crippen LogP contribution in [0, 0.1) is 0 Å². The number of aromatic nitrogens is 3. The van der Waals surface area contributed by atoms with Crippen molar-refractivity contribution in [2.45, 2.75) is 0 Å². The average Bonchev–Trinajstić information content (AvgIpc) is 3.38. The van der Waals surface area contributed by atoms with E-state index >= 15 is 0 Å². The molecule has 0 aliphatic rings. The van der Waals surface area contributed by atoms with Crippen LogP contribution in [-0.2, 0) is 0 Å². The third-order valence-corrected chi connectivity index (χ3v) is 7.68. The highest BCUT2D eigenvalue weighted by Crippen LogP contribution is 2.39. The maximum Gasteiger partial charge on any atom is 0.165 e. The maximum atomic E-state index is 6.90. The maximum absolute atomic E-state index is 6.90. The fourth-order valence-corrected chi connectivity index (χ4v) is 5.60. The fraction of sp³-hybridized carbons (Fsp3) is 0. The molecule has 2 heterocycles. The Bertz CT molecular complexity index is 2240. The van der Waals surface area contributed by atoms with E-state index in [1.165, 1.54) is 0 Å². The zero-order chi connectivity index (χ0) is 26.6. The zero-order valence-electron chi connectivity index (χ0n) is 21.2. The summed E-state index contributed by atoms with van der Waals surface area (Å²) in [7, 11) is 0. The molecule has 8 aromatic rings. The molecule has 0 N–H and O–H groups in total. The quantitative estimate of drug-likeness (QED) is 0.227. The molecule has 6 aromatic carbocycles. The minimum Gasteiger partial charge on any atom is -0.455 e. The number of rotatable bonds is 3. The number of furan rings is 1. The summed E-state index contributed by atoms with van der Waals surface area (Å²) in [6, 6.07) is 40.8. The third-order valence-electron chi connectivity index (χ3n) is 7.37. The molecule has 0 saturated heterocycles. The summed E-state index contributed by atoms with van der Waals surface area (Å²) in [5, 5.41) is 7.00. The lowest BCUT2D eigenvalue weighted by Gasteiger charge is -2.10. The van der Waals surface area contributed by atoms with Gasteiger partial charge in [-0.15, -0.1) is 0 Å². The van der Waals surface area contributed by atoms with Gasteiger partial charge in [-0.25, -0.2) is 15.0 Å². The minimum absolute atomic E-state index is 0.513. The molecule has 188 valence electrons. The van der Waals surface area contributed by atoms with E-state index in [-0.39, 0.29) is 0 Å². The van der Waals surface area contributed by atoms with Crippen LogP contribution in [0.4, 0.5) is 0 Å². The van der Waals surface area contributed by atoms with E-state index in [1.807, 2.05) is 66.7 Å². The summed E-state index contributed by atoms with van der Waals surface area (Å²) in [5.41, 5.74) is 4.13. The fourth-order valence-electron chi connectivity index (χ4n) is 5.37. The molecule has 40 heavy (non-hydrogen) atoms. The molecule has 0 saturated carbocycles. The van der Waals surface area contributed by atoms with E-state index in [2.05, 4.69) is 54.6 Å². The lowest BCUT2D eigenvalue weighted by atomic mass is 10.0. The van der Waals surface area contributed by atoms with Crippen LogP contribution in [0.5, 0.6) is 0 Å². The number of fused-ring (bicyclic) bond motifs is 6. The summed E-state index contributed by atoms with van der Waals surface area (Å²) in [4.78, 5) is 14.7. The second kappa shape index (κ2) is 9.01. The topological polar surface area (TPSA) is 51.8 Å². The SMILES string of the molecule is Clc1cc2oc3c4ccccc4ccc3c2cc1-c1nc(-c2ccccc2)nc(-c2ccc3ccccc3c2)n1. The predicted octanol–water partition coefficient (Wildman–Crippen LogP) is 9.73. The molecule has 0 aliphatic heterocycles. The van der Waals surface area contributed by atoms with Crippen LogP contribution in [0.15, 0.2) is 126 Å². The molecule has 0 fully saturated rings. The summed E-state index contributed by atoms with van der Waals surface area (Å²) in [6.07, 6.45) is 0. The second-order valence-electron chi connectivity index (χ2n) is 9.83. The van der Waals surface area contributed by atoms with Crippen molar-refractivity contribution < 1.29 is 4.42 Å².